The maximum atomic E-state index is 12.0. The average Bonchev–Trinajstić information content (AvgIpc) is 2.78. The lowest BCUT2D eigenvalue weighted by Gasteiger charge is -2.14. The molecule has 7 heteroatoms. The molecule has 7 nitrogen and oxygen atoms in total. The van der Waals surface area contributed by atoms with Gasteiger partial charge in [-0.15, -0.1) is 0 Å². The molecule has 102 valence electrons. The summed E-state index contributed by atoms with van der Waals surface area (Å²) in [5, 5.41) is 25.9. The highest BCUT2D eigenvalue weighted by molar-refractivity contribution is 5.94. The SMILES string of the molecule is C[C@@H]1CNC[C@H]1C(=O)Nc1cc([N+](=O)[O-])ccc1O. The van der Waals surface area contributed by atoms with E-state index in [1.54, 1.807) is 0 Å². The third-order valence-corrected chi connectivity index (χ3v) is 3.30. The summed E-state index contributed by atoms with van der Waals surface area (Å²) in [6.45, 7) is 3.29. The number of phenolic OH excluding ortho intramolecular Hbond substituents is 1. The minimum atomic E-state index is -0.575. The largest absolute Gasteiger partial charge is 0.506 e. The van der Waals surface area contributed by atoms with Gasteiger partial charge in [0.25, 0.3) is 5.69 Å². The number of nitro benzene ring substituents is 1. The van der Waals surface area contributed by atoms with Crippen LogP contribution in [0.1, 0.15) is 6.92 Å². The molecule has 2 rings (SSSR count). The van der Waals surface area contributed by atoms with Crippen molar-refractivity contribution in [2.24, 2.45) is 11.8 Å². The van der Waals surface area contributed by atoms with Gasteiger partial charge in [-0.1, -0.05) is 6.92 Å². The molecule has 0 saturated carbocycles. The zero-order valence-corrected chi connectivity index (χ0v) is 10.4. The number of hydrogen-bond donors (Lipinski definition) is 3. The van der Waals surface area contributed by atoms with Crippen molar-refractivity contribution in [3.63, 3.8) is 0 Å². The van der Waals surface area contributed by atoms with Gasteiger partial charge in [0.1, 0.15) is 5.75 Å². The van der Waals surface area contributed by atoms with Crippen LogP contribution in [0.4, 0.5) is 11.4 Å². The highest BCUT2D eigenvalue weighted by atomic mass is 16.6. The molecule has 1 heterocycles. The third kappa shape index (κ3) is 2.82. The van der Waals surface area contributed by atoms with Crippen LogP contribution in [0.15, 0.2) is 18.2 Å². The van der Waals surface area contributed by atoms with Gasteiger partial charge in [-0.2, -0.15) is 0 Å². The predicted molar refractivity (Wildman–Crippen MR) is 68.9 cm³/mol. The minimum Gasteiger partial charge on any atom is -0.506 e. The van der Waals surface area contributed by atoms with Crippen LogP contribution in [0.25, 0.3) is 0 Å². The fourth-order valence-corrected chi connectivity index (χ4v) is 2.12. The zero-order valence-electron chi connectivity index (χ0n) is 10.4. The number of hydrogen-bond acceptors (Lipinski definition) is 5. The van der Waals surface area contributed by atoms with Gasteiger partial charge >= 0.3 is 0 Å². The number of phenols is 1. The Labute approximate surface area is 109 Å². The molecule has 1 aliphatic rings. The van der Waals surface area contributed by atoms with Crippen LogP contribution in [-0.2, 0) is 4.79 Å². The van der Waals surface area contributed by atoms with Gasteiger partial charge in [0.15, 0.2) is 0 Å². The second-order valence-corrected chi connectivity index (χ2v) is 4.69. The van der Waals surface area contributed by atoms with E-state index in [2.05, 4.69) is 10.6 Å². The molecule has 0 aromatic heterocycles. The first kappa shape index (κ1) is 13.3. The monoisotopic (exact) mass is 265 g/mol. The van der Waals surface area contributed by atoms with Gasteiger partial charge in [-0.25, -0.2) is 0 Å². The molecule has 1 aromatic carbocycles. The van der Waals surface area contributed by atoms with Gasteiger partial charge in [0, 0.05) is 18.7 Å². The molecule has 2 atom stereocenters. The Balaban J connectivity index is 2.16. The van der Waals surface area contributed by atoms with E-state index in [0.717, 1.165) is 12.6 Å². The molecular formula is C12H15N3O4. The van der Waals surface area contributed by atoms with E-state index in [9.17, 15) is 20.0 Å². The summed E-state index contributed by atoms with van der Waals surface area (Å²) in [5.41, 5.74) is -0.107. The van der Waals surface area contributed by atoms with Crippen molar-refractivity contribution in [3.8, 4) is 5.75 Å². The lowest BCUT2D eigenvalue weighted by Crippen LogP contribution is -2.27. The molecule has 0 bridgehead atoms. The fourth-order valence-electron chi connectivity index (χ4n) is 2.12. The first-order chi connectivity index (χ1) is 8.99. The zero-order chi connectivity index (χ0) is 14.0. The van der Waals surface area contributed by atoms with E-state index < -0.39 is 4.92 Å². The summed E-state index contributed by atoms with van der Waals surface area (Å²) in [7, 11) is 0. The molecule has 3 N–H and O–H groups in total. The molecule has 1 aliphatic heterocycles. The van der Waals surface area contributed by atoms with E-state index in [1.807, 2.05) is 6.92 Å². The van der Waals surface area contributed by atoms with Crippen molar-refractivity contribution >= 4 is 17.3 Å². The molecule has 1 aromatic rings. The van der Waals surface area contributed by atoms with Crippen molar-refractivity contribution in [3.05, 3.63) is 28.3 Å². The summed E-state index contributed by atoms with van der Waals surface area (Å²) in [5.74, 6) is -0.426. The van der Waals surface area contributed by atoms with Gasteiger partial charge in [-0.05, 0) is 18.5 Å². The lowest BCUT2D eigenvalue weighted by molar-refractivity contribution is -0.384. The van der Waals surface area contributed by atoms with Gasteiger partial charge in [0.2, 0.25) is 5.91 Å². The Bertz CT molecular complexity index is 518. The maximum Gasteiger partial charge on any atom is 0.271 e. The molecule has 0 radical (unpaired) electrons. The molecule has 0 aliphatic carbocycles. The van der Waals surface area contributed by atoms with Gasteiger partial charge in [-0.3, -0.25) is 14.9 Å². The van der Waals surface area contributed by atoms with E-state index in [-0.39, 0.29) is 34.9 Å². The molecule has 19 heavy (non-hydrogen) atoms. The summed E-state index contributed by atoms with van der Waals surface area (Å²) < 4.78 is 0. The highest BCUT2D eigenvalue weighted by Crippen LogP contribution is 2.29. The van der Waals surface area contributed by atoms with Crippen molar-refractivity contribution in [2.45, 2.75) is 6.92 Å². The summed E-state index contributed by atoms with van der Waals surface area (Å²) in [6, 6.07) is 3.54. The Morgan fingerprint density at radius 1 is 1.53 bits per heavy atom. The van der Waals surface area contributed by atoms with E-state index in [1.165, 1.54) is 12.1 Å². The topological polar surface area (TPSA) is 104 Å². The number of non-ortho nitro benzene ring substituents is 1. The number of nitrogens with one attached hydrogen (secondary N) is 2. The molecular weight excluding hydrogens is 250 g/mol. The Morgan fingerprint density at radius 3 is 2.84 bits per heavy atom. The molecule has 0 spiro atoms. The van der Waals surface area contributed by atoms with Crippen LogP contribution in [0, 0.1) is 22.0 Å². The number of anilines is 1. The van der Waals surface area contributed by atoms with Gasteiger partial charge in [0.05, 0.1) is 16.5 Å². The number of carbonyl (C=O) groups excluding carboxylic acids is 1. The van der Waals surface area contributed by atoms with E-state index in [0.29, 0.717) is 6.54 Å². The number of nitro groups is 1. The first-order valence-corrected chi connectivity index (χ1v) is 5.98. The Kier molecular flexibility index (Phi) is 3.66. The number of carbonyl (C=O) groups is 1. The Morgan fingerprint density at radius 2 is 2.26 bits per heavy atom. The summed E-state index contributed by atoms with van der Waals surface area (Å²) >= 11 is 0. The summed E-state index contributed by atoms with van der Waals surface area (Å²) in [4.78, 5) is 22.1. The van der Waals surface area contributed by atoms with Crippen LogP contribution < -0.4 is 10.6 Å². The van der Waals surface area contributed by atoms with Crippen molar-refractivity contribution in [2.75, 3.05) is 18.4 Å². The van der Waals surface area contributed by atoms with E-state index in [4.69, 9.17) is 0 Å². The first-order valence-electron chi connectivity index (χ1n) is 5.98. The standard InChI is InChI=1S/C12H15N3O4/c1-7-5-13-6-9(7)12(17)14-10-4-8(15(18)19)2-3-11(10)16/h2-4,7,9,13,16H,5-6H2,1H3,(H,14,17)/t7-,9-/m1/s1. The van der Waals surface area contributed by atoms with Crippen molar-refractivity contribution in [1.29, 1.82) is 0 Å². The second kappa shape index (κ2) is 5.23. The van der Waals surface area contributed by atoms with Crippen LogP contribution in [-0.4, -0.2) is 29.0 Å². The Hall–Kier alpha value is -2.15. The quantitative estimate of drug-likeness (QED) is 0.431. The third-order valence-electron chi connectivity index (χ3n) is 3.30. The van der Waals surface area contributed by atoms with Crippen molar-refractivity contribution in [1.82, 2.24) is 5.32 Å². The van der Waals surface area contributed by atoms with Crippen LogP contribution in [0.5, 0.6) is 5.75 Å². The molecule has 0 unspecified atom stereocenters. The molecule has 1 fully saturated rings. The average molecular weight is 265 g/mol. The van der Waals surface area contributed by atoms with Crippen LogP contribution >= 0.6 is 0 Å². The summed E-state index contributed by atoms with van der Waals surface area (Å²) in [6.07, 6.45) is 0. The van der Waals surface area contributed by atoms with E-state index >= 15 is 0 Å². The molecule has 1 saturated heterocycles. The van der Waals surface area contributed by atoms with Crippen molar-refractivity contribution < 1.29 is 14.8 Å². The lowest BCUT2D eigenvalue weighted by atomic mass is 9.97. The second-order valence-electron chi connectivity index (χ2n) is 4.69. The number of benzene rings is 1. The molecule has 1 amide bonds. The van der Waals surface area contributed by atoms with Gasteiger partial charge < -0.3 is 15.7 Å². The minimum absolute atomic E-state index is 0.0679. The highest BCUT2D eigenvalue weighted by Gasteiger charge is 2.30. The van der Waals surface area contributed by atoms with Crippen LogP contribution in [0.2, 0.25) is 0 Å². The fraction of sp³-hybridized carbons (Fsp3) is 0.417. The number of nitrogens with zero attached hydrogens (tertiary/aromatic N) is 1. The number of amides is 1. The predicted octanol–water partition coefficient (Wildman–Crippen LogP) is 1.09. The maximum absolute atomic E-state index is 12.0. The smallest absolute Gasteiger partial charge is 0.271 e. The normalized spacial score (nSPS) is 22.2. The van der Waals surface area contributed by atoms with Crippen LogP contribution in [0.3, 0.4) is 0 Å². The number of rotatable bonds is 3. The number of aromatic hydroxyl groups is 1.